The summed E-state index contributed by atoms with van der Waals surface area (Å²) >= 11 is 0. The highest BCUT2D eigenvalue weighted by molar-refractivity contribution is 7.89. The molecule has 0 saturated heterocycles. The summed E-state index contributed by atoms with van der Waals surface area (Å²) in [7, 11) is -3.62. The number of benzene rings is 1. The number of carbonyl (C=O) groups is 1. The first-order valence-electron chi connectivity index (χ1n) is 5.77. The summed E-state index contributed by atoms with van der Waals surface area (Å²) < 4.78 is 31.3. The molecule has 0 aliphatic rings. The fourth-order valence-corrected chi connectivity index (χ4v) is 2.34. The summed E-state index contributed by atoms with van der Waals surface area (Å²) in [4.78, 5) is 10.7. The van der Waals surface area contributed by atoms with Crippen molar-refractivity contribution in [2.75, 3.05) is 13.2 Å². The molecule has 19 heavy (non-hydrogen) atoms. The van der Waals surface area contributed by atoms with Crippen LogP contribution in [-0.4, -0.2) is 38.7 Å². The third-order valence-electron chi connectivity index (χ3n) is 2.26. The van der Waals surface area contributed by atoms with Crippen LogP contribution in [0.1, 0.15) is 24.2 Å². The first kappa shape index (κ1) is 15.6. The smallest absolute Gasteiger partial charge is 0.335 e. The van der Waals surface area contributed by atoms with E-state index in [0.29, 0.717) is 0 Å². The molecule has 0 amide bonds. The second-order valence-corrected chi connectivity index (χ2v) is 5.91. The average molecular weight is 287 g/mol. The molecule has 1 aromatic rings. The van der Waals surface area contributed by atoms with E-state index in [9.17, 15) is 13.2 Å². The zero-order chi connectivity index (χ0) is 14.5. The molecule has 2 N–H and O–H groups in total. The van der Waals surface area contributed by atoms with Crippen LogP contribution in [0.5, 0.6) is 0 Å². The first-order chi connectivity index (χ1) is 8.83. The van der Waals surface area contributed by atoms with Crippen molar-refractivity contribution < 1.29 is 23.1 Å². The molecule has 106 valence electrons. The van der Waals surface area contributed by atoms with Gasteiger partial charge in [0, 0.05) is 6.54 Å². The predicted molar refractivity (Wildman–Crippen MR) is 69.7 cm³/mol. The summed E-state index contributed by atoms with van der Waals surface area (Å²) in [6.45, 7) is 4.17. The van der Waals surface area contributed by atoms with E-state index in [2.05, 4.69) is 4.72 Å². The van der Waals surface area contributed by atoms with Crippen molar-refractivity contribution in [1.82, 2.24) is 4.72 Å². The molecule has 0 spiro atoms. The summed E-state index contributed by atoms with van der Waals surface area (Å²) in [5, 5.41) is 8.72. The summed E-state index contributed by atoms with van der Waals surface area (Å²) in [5.41, 5.74) is 0.0436. The van der Waals surface area contributed by atoms with Crippen LogP contribution in [0.2, 0.25) is 0 Å². The molecule has 0 aliphatic carbocycles. The van der Waals surface area contributed by atoms with Gasteiger partial charge in [0.05, 0.1) is 23.2 Å². The van der Waals surface area contributed by atoms with Gasteiger partial charge in [0.25, 0.3) is 0 Å². The van der Waals surface area contributed by atoms with E-state index in [1.807, 2.05) is 13.8 Å². The van der Waals surface area contributed by atoms with E-state index < -0.39 is 16.0 Å². The van der Waals surface area contributed by atoms with Gasteiger partial charge in [-0.1, -0.05) is 0 Å². The van der Waals surface area contributed by atoms with Gasteiger partial charge in [0.1, 0.15) is 0 Å². The molecule has 1 aromatic carbocycles. The van der Waals surface area contributed by atoms with Crippen molar-refractivity contribution in [3.63, 3.8) is 0 Å². The molecule has 6 nitrogen and oxygen atoms in total. The maximum Gasteiger partial charge on any atom is 0.335 e. The van der Waals surface area contributed by atoms with Gasteiger partial charge in [0.2, 0.25) is 10.0 Å². The standard InChI is InChI=1S/C12H17NO5S/c1-9(2)18-8-7-13-19(16,17)11-5-3-10(4-6-11)12(14)15/h3-6,9,13H,7-8H2,1-2H3,(H,14,15). The number of carboxylic acids is 1. The minimum Gasteiger partial charge on any atom is -0.478 e. The molecule has 0 unspecified atom stereocenters. The third-order valence-corrected chi connectivity index (χ3v) is 3.73. The van der Waals surface area contributed by atoms with Crippen molar-refractivity contribution in [2.24, 2.45) is 0 Å². The number of carboxylic acid groups (broad SMARTS) is 1. The highest BCUT2D eigenvalue weighted by Gasteiger charge is 2.14. The molecule has 7 heteroatoms. The van der Waals surface area contributed by atoms with Gasteiger partial charge in [-0.2, -0.15) is 0 Å². The van der Waals surface area contributed by atoms with Gasteiger partial charge in [-0.05, 0) is 38.1 Å². The Morgan fingerprint density at radius 1 is 1.32 bits per heavy atom. The molecule has 0 bridgehead atoms. The highest BCUT2D eigenvalue weighted by Crippen LogP contribution is 2.10. The molecule has 0 saturated carbocycles. The van der Waals surface area contributed by atoms with E-state index in [4.69, 9.17) is 9.84 Å². The van der Waals surface area contributed by atoms with E-state index in [-0.39, 0.29) is 29.7 Å². The predicted octanol–water partition coefficient (Wildman–Crippen LogP) is 1.09. The Bertz CT molecular complexity index is 522. The van der Waals surface area contributed by atoms with Gasteiger partial charge in [-0.15, -0.1) is 0 Å². The van der Waals surface area contributed by atoms with Crippen molar-refractivity contribution in [3.8, 4) is 0 Å². The van der Waals surface area contributed by atoms with Crippen LogP contribution in [0.15, 0.2) is 29.2 Å². The Morgan fingerprint density at radius 2 is 1.89 bits per heavy atom. The highest BCUT2D eigenvalue weighted by atomic mass is 32.2. The third kappa shape index (κ3) is 4.98. The van der Waals surface area contributed by atoms with Crippen LogP contribution >= 0.6 is 0 Å². The topological polar surface area (TPSA) is 92.7 Å². The number of hydrogen-bond acceptors (Lipinski definition) is 4. The van der Waals surface area contributed by atoms with Gasteiger partial charge in [-0.25, -0.2) is 17.9 Å². The Labute approximate surface area is 112 Å². The minimum absolute atomic E-state index is 0.0297. The number of rotatable bonds is 7. The van der Waals surface area contributed by atoms with Crippen LogP contribution in [0, 0.1) is 0 Å². The lowest BCUT2D eigenvalue weighted by Crippen LogP contribution is -2.28. The average Bonchev–Trinajstić information content (AvgIpc) is 2.34. The summed E-state index contributed by atoms with van der Waals surface area (Å²) in [5.74, 6) is -1.10. The van der Waals surface area contributed by atoms with Crippen LogP contribution in [-0.2, 0) is 14.8 Å². The zero-order valence-corrected chi connectivity index (χ0v) is 11.6. The van der Waals surface area contributed by atoms with E-state index in [1.165, 1.54) is 24.3 Å². The monoisotopic (exact) mass is 287 g/mol. The van der Waals surface area contributed by atoms with E-state index >= 15 is 0 Å². The Kier molecular flexibility index (Phi) is 5.46. The van der Waals surface area contributed by atoms with Crippen molar-refractivity contribution in [2.45, 2.75) is 24.8 Å². The van der Waals surface area contributed by atoms with Crippen LogP contribution in [0.3, 0.4) is 0 Å². The Hall–Kier alpha value is -1.44. The normalized spacial score (nSPS) is 11.7. The Balaban J connectivity index is 2.64. The molecule has 0 radical (unpaired) electrons. The van der Waals surface area contributed by atoms with Crippen molar-refractivity contribution >= 4 is 16.0 Å². The number of sulfonamides is 1. The number of aromatic carboxylic acids is 1. The second-order valence-electron chi connectivity index (χ2n) is 4.15. The molecule has 0 aliphatic heterocycles. The molecular formula is C12H17NO5S. The molecule has 0 aromatic heterocycles. The minimum atomic E-state index is -3.62. The van der Waals surface area contributed by atoms with Crippen LogP contribution in [0.4, 0.5) is 0 Å². The van der Waals surface area contributed by atoms with Gasteiger partial charge >= 0.3 is 5.97 Å². The molecule has 0 heterocycles. The second kappa shape index (κ2) is 6.65. The SMILES string of the molecule is CC(C)OCCNS(=O)(=O)c1ccc(C(=O)O)cc1. The van der Waals surface area contributed by atoms with Crippen LogP contribution < -0.4 is 4.72 Å². The molecule has 0 fully saturated rings. The fraction of sp³-hybridized carbons (Fsp3) is 0.417. The van der Waals surface area contributed by atoms with Gasteiger partial charge in [-0.3, -0.25) is 0 Å². The lowest BCUT2D eigenvalue weighted by molar-refractivity contribution is 0.0696. The summed E-state index contributed by atoms with van der Waals surface area (Å²) in [6.07, 6.45) is 0.0411. The van der Waals surface area contributed by atoms with Gasteiger partial charge in [0.15, 0.2) is 0 Å². The molecule has 1 rings (SSSR count). The van der Waals surface area contributed by atoms with Gasteiger partial charge < -0.3 is 9.84 Å². The zero-order valence-electron chi connectivity index (χ0n) is 10.8. The van der Waals surface area contributed by atoms with Crippen molar-refractivity contribution in [3.05, 3.63) is 29.8 Å². The molecule has 0 atom stereocenters. The number of hydrogen-bond donors (Lipinski definition) is 2. The summed E-state index contributed by atoms with van der Waals surface area (Å²) in [6, 6.07) is 5.02. The van der Waals surface area contributed by atoms with Crippen molar-refractivity contribution in [1.29, 1.82) is 0 Å². The van der Waals surface area contributed by atoms with Crippen LogP contribution in [0.25, 0.3) is 0 Å². The lowest BCUT2D eigenvalue weighted by Gasteiger charge is -2.09. The van der Waals surface area contributed by atoms with E-state index in [1.54, 1.807) is 0 Å². The maximum atomic E-state index is 11.8. The fourth-order valence-electron chi connectivity index (χ4n) is 1.33. The van der Waals surface area contributed by atoms with E-state index in [0.717, 1.165) is 0 Å². The largest absolute Gasteiger partial charge is 0.478 e. The Morgan fingerprint density at radius 3 is 2.37 bits per heavy atom. The maximum absolute atomic E-state index is 11.8. The quantitative estimate of drug-likeness (QED) is 0.732. The first-order valence-corrected chi connectivity index (χ1v) is 7.26. The lowest BCUT2D eigenvalue weighted by atomic mass is 10.2. The number of ether oxygens (including phenoxy) is 1. The molecular weight excluding hydrogens is 270 g/mol. The number of nitrogens with one attached hydrogen (secondary N) is 1.